The third-order valence-corrected chi connectivity index (χ3v) is 4.67. The molecular weight excluding hydrogens is 378 g/mol. The molecule has 3 rings (SSSR count). The van der Waals surface area contributed by atoms with Crippen LogP contribution < -0.4 is 11.1 Å². The molecule has 2 aromatic rings. The summed E-state index contributed by atoms with van der Waals surface area (Å²) in [6, 6.07) is 5.87. The Labute approximate surface area is 165 Å². The second kappa shape index (κ2) is 9.90. The first-order chi connectivity index (χ1) is 11.5. The number of nitrogens with one attached hydrogen (secondary N) is 1. The molecular formula is C18H25Cl2FN4O. The Morgan fingerprint density at radius 2 is 2.15 bits per heavy atom. The van der Waals surface area contributed by atoms with Crippen LogP contribution in [0.4, 0.5) is 4.39 Å². The van der Waals surface area contributed by atoms with Crippen molar-refractivity contribution < 1.29 is 9.18 Å². The van der Waals surface area contributed by atoms with E-state index in [9.17, 15) is 9.18 Å². The molecule has 3 N–H and O–H groups in total. The van der Waals surface area contributed by atoms with Gasteiger partial charge >= 0.3 is 0 Å². The maximum Gasteiger partial charge on any atom is 0.224 e. The highest BCUT2D eigenvalue weighted by Gasteiger charge is 2.29. The van der Waals surface area contributed by atoms with Crippen LogP contribution in [0, 0.1) is 11.7 Å². The summed E-state index contributed by atoms with van der Waals surface area (Å²) in [5.74, 6) is 0.210. The molecule has 0 spiro atoms. The first kappa shape index (κ1) is 22.4. The molecule has 1 amide bonds. The van der Waals surface area contributed by atoms with Crippen LogP contribution in [-0.4, -0.2) is 21.5 Å². The Balaban J connectivity index is 0.00000169. The lowest BCUT2D eigenvalue weighted by atomic mass is 9.85. The van der Waals surface area contributed by atoms with E-state index < -0.39 is 6.04 Å². The van der Waals surface area contributed by atoms with Crippen LogP contribution >= 0.6 is 24.8 Å². The average molecular weight is 403 g/mol. The summed E-state index contributed by atoms with van der Waals surface area (Å²) in [5, 5.41) is 3.05. The van der Waals surface area contributed by atoms with Gasteiger partial charge in [0.05, 0.1) is 0 Å². The minimum Gasteiger partial charge on any atom is -0.342 e. The summed E-state index contributed by atoms with van der Waals surface area (Å²) >= 11 is 0. The highest BCUT2D eigenvalue weighted by molar-refractivity contribution is 5.85. The number of nitrogens with two attached hydrogens (primary N) is 1. The molecule has 1 aromatic carbocycles. The second-order valence-electron chi connectivity index (χ2n) is 6.52. The number of carbonyl (C=O) groups excluding carboxylic acids is 1. The van der Waals surface area contributed by atoms with Crippen molar-refractivity contribution in [3.05, 3.63) is 53.9 Å². The van der Waals surface area contributed by atoms with Crippen LogP contribution in [0.5, 0.6) is 0 Å². The van der Waals surface area contributed by atoms with Gasteiger partial charge in [-0.25, -0.2) is 9.37 Å². The summed E-state index contributed by atoms with van der Waals surface area (Å²) in [4.78, 5) is 17.1. The summed E-state index contributed by atoms with van der Waals surface area (Å²) in [7, 11) is 1.86. The molecule has 1 saturated carbocycles. The second-order valence-corrected chi connectivity index (χ2v) is 6.52. The first-order valence-corrected chi connectivity index (χ1v) is 8.33. The molecule has 144 valence electrons. The standard InChI is InChI=1S/C18H23FN4O.2ClH/c1-23-9-8-21-17(23)16(12-4-2-6-14(19)10-12)22-18(24)13-5-3-7-15(20)11-13;;/h2,4,6,8-10,13,15-16H,3,5,7,11,20H2,1H3,(H,22,24);2*1H. The van der Waals surface area contributed by atoms with Crippen molar-refractivity contribution in [2.75, 3.05) is 0 Å². The van der Waals surface area contributed by atoms with Crippen molar-refractivity contribution in [1.29, 1.82) is 0 Å². The third-order valence-electron chi connectivity index (χ3n) is 4.67. The van der Waals surface area contributed by atoms with Crippen LogP contribution in [0.25, 0.3) is 0 Å². The number of amides is 1. The van der Waals surface area contributed by atoms with Gasteiger partial charge in [-0.1, -0.05) is 18.6 Å². The number of hydrogen-bond donors (Lipinski definition) is 2. The molecule has 0 radical (unpaired) electrons. The number of nitrogens with zero attached hydrogens (tertiary/aromatic N) is 2. The van der Waals surface area contributed by atoms with Gasteiger partial charge in [0.1, 0.15) is 17.7 Å². The van der Waals surface area contributed by atoms with Crippen molar-refractivity contribution in [3.8, 4) is 0 Å². The van der Waals surface area contributed by atoms with Crippen LogP contribution in [0.15, 0.2) is 36.7 Å². The van der Waals surface area contributed by atoms with E-state index in [4.69, 9.17) is 5.73 Å². The predicted octanol–water partition coefficient (Wildman–Crippen LogP) is 3.13. The lowest BCUT2D eigenvalue weighted by molar-refractivity contribution is -0.126. The quantitative estimate of drug-likeness (QED) is 0.824. The molecule has 8 heteroatoms. The number of hydrogen-bond acceptors (Lipinski definition) is 3. The Morgan fingerprint density at radius 3 is 2.77 bits per heavy atom. The van der Waals surface area contributed by atoms with Crippen molar-refractivity contribution in [3.63, 3.8) is 0 Å². The van der Waals surface area contributed by atoms with Gasteiger partial charge in [0.25, 0.3) is 0 Å². The molecule has 5 nitrogen and oxygen atoms in total. The molecule has 3 unspecified atom stereocenters. The van der Waals surface area contributed by atoms with E-state index in [2.05, 4.69) is 10.3 Å². The van der Waals surface area contributed by atoms with Crippen LogP contribution in [-0.2, 0) is 11.8 Å². The zero-order valence-electron chi connectivity index (χ0n) is 14.6. The number of rotatable bonds is 4. The van der Waals surface area contributed by atoms with Gasteiger partial charge in [-0.05, 0) is 37.0 Å². The third kappa shape index (κ3) is 5.19. The fraction of sp³-hybridized carbons (Fsp3) is 0.444. The molecule has 3 atom stereocenters. The number of imidazole rings is 1. The van der Waals surface area contributed by atoms with Crippen LogP contribution in [0.3, 0.4) is 0 Å². The molecule has 0 bridgehead atoms. The molecule has 0 saturated heterocycles. The molecule has 1 fully saturated rings. The summed E-state index contributed by atoms with van der Waals surface area (Å²) in [6.07, 6.45) is 6.95. The van der Waals surface area contributed by atoms with E-state index in [1.54, 1.807) is 18.3 Å². The maximum absolute atomic E-state index is 13.7. The summed E-state index contributed by atoms with van der Waals surface area (Å²) < 4.78 is 15.5. The lowest BCUT2D eigenvalue weighted by Gasteiger charge is -2.28. The van der Waals surface area contributed by atoms with Crippen molar-refractivity contribution in [2.45, 2.75) is 37.8 Å². The van der Waals surface area contributed by atoms with E-state index in [1.807, 2.05) is 17.8 Å². The first-order valence-electron chi connectivity index (χ1n) is 8.33. The monoisotopic (exact) mass is 402 g/mol. The highest BCUT2D eigenvalue weighted by Crippen LogP contribution is 2.26. The number of aryl methyl sites for hydroxylation is 1. The van der Waals surface area contributed by atoms with Gasteiger partial charge in [0.2, 0.25) is 5.91 Å². The molecule has 1 aliphatic carbocycles. The Bertz CT molecular complexity index is 725. The number of aromatic nitrogens is 2. The molecule has 0 aliphatic heterocycles. The molecule has 26 heavy (non-hydrogen) atoms. The van der Waals surface area contributed by atoms with Gasteiger partial charge < -0.3 is 15.6 Å². The van der Waals surface area contributed by atoms with Crippen LogP contribution in [0.2, 0.25) is 0 Å². The van der Waals surface area contributed by atoms with Gasteiger partial charge in [-0.15, -0.1) is 24.8 Å². The molecule has 1 aromatic heterocycles. The van der Waals surface area contributed by atoms with E-state index in [0.717, 1.165) is 19.3 Å². The fourth-order valence-corrected chi connectivity index (χ4v) is 3.36. The maximum atomic E-state index is 13.7. The van der Waals surface area contributed by atoms with E-state index >= 15 is 0 Å². The Morgan fingerprint density at radius 1 is 1.38 bits per heavy atom. The minimum atomic E-state index is -0.480. The highest BCUT2D eigenvalue weighted by atomic mass is 35.5. The minimum absolute atomic E-state index is 0. The van der Waals surface area contributed by atoms with Crippen molar-refractivity contribution >= 4 is 30.7 Å². The topological polar surface area (TPSA) is 72.9 Å². The lowest BCUT2D eigenvalue weighted by Crippen LogP contribution is -2.40. The van der Waals surface area contributed by atoms with Crippen LogP contribution in [0.1, 0.15) is 43.1 Å². The molecule has 1 aliphatic rings. The predicted molar refractivity (Wildman–Crippen MR) is 104 cm³/mol. The average Bonchev–Trinajstić information content (AvgIpc) is 2.98. The SMILES string of the molecule is Cl.Cl.Cn1ccnc1C(NC(=O)C1CCCC(N)C1)c1cccc(F)c1. The Hall–Kier alpha value is -1.63. The zero-order valence-corrected chi connectivity index (χ0v) is 16.2. The van der Waals surface area contributed by atoms with E-state index in [1.165, 1.54) is 12.1 Å². The van der Waals surface area contributed by atoms with Crippen molar-refractivity contribution in [1.82, 2.24) is 14.9 Å². The summed E-state index contributed by atoms with van der Waals surface area (Å²) in [5.41, 5.74) is 6.68. The van der Waals surface area contributed by atoms with E-state index in [0.29, 0.717) is 17.8 Å². The van der Waals surface area contributed by atoms with Gasteiger partial charge in [-0.3, -0.25) is 4.79 Å². The largest absolute Gasteiger partial charge is 0.342 e. The van der Waals surface area contributed by atoms with E-state index in [-0.39, 0.29) is 48.5 Å². The fourth-order valence-electron chi connectivity index (χ4n) is 3.36. The number of halogens is 3. The summed E-state index contributed by atoms with van der Waals surface area (Å²) in [6.45, 7) is 0. The molecule has 1 heterocycles. The van der Waals surface area contributed by atoms with Gasteiger partial charge in [-0.2, -0.15) is 0 Å². The zero-order chi connectivity index (χ0) is 17.1. The number of carbonyl (C=O) groups is 1. The van der Waals surface area contributed by atoms with Crippen molar-refractivity contribution in [2.24, 2.45) is 18.7 Å². The number of benzene rings is 1. The van der Waals surface area contributed by atoms with Gasteiger partial charge in [0, 0.05) is 31.4 Å². The Kier molecular flexibility index (Phi) is 8.53. The normalized spacial score (nSPS) is 20.4. The van der Waals surface area contributed by atoms with Gasteiger partial charge in [0.15, 0.2) is 0 Å². The smallest absolute Gasteiger partial charge is 0.224 e.